The molecular formula is C13H8O2S2. The fourth-order valence-corrected chi connectivity index (χ4v) is 4.03. The Morgan fingerprint density at radius 2 is 1.29 bits per heavy atom. The molecule has 2 nitrogen and oxygen atoms in total. The van der Waals surface area contributed by atoms with E-state index < -0.39 is 10.8 Å². The van der Waals surface area contributed by atoms with E-state index in [-0.39, 0.29) is 0 Å². The number of fused-ring (bicyclic) bond motifs is 2. The van der Waals surface area contributed by atoms with Crippen molar-refractivity contribution in [3.63, 3.8) is 0 Å². The molecule has 0 amide bonds. The van der Waals surface area contributed by atoms with Crippen molar-refractivity contribution < 1.29 is 8.42 Å². The predicted octanol–water partition coefficient (Wildman–Crippen LogP) is 1.95. The van der Waals surface area contributed by atoms with Gasteiger partial charge in [-0.15, -0.1) is 0 Å². The van der Waals surface area contributed by atoms with Gasteiger partial charge in [0.25, 0.3) is 0 Å². The van der Waals surface area contributed by atoms with Gasteiger partial charge >= 0.3 is 0 Å². The molecule has 0 unspecified atom stereocenters. The Balaban J connectivity index is 2.42. The van der Waals surface area contributed by atoms with E-state index in [1.807, 2.05) is 48.5 Å². The van der Waals surface area contributed by atoms with Crippen molar-refractivity contribution in [3.05, 3.63) is 59.7 Å². The van der Waals surface area contributed by atoms with Gasteiger partial charge in [-0.05, 0) is 12.1 Å². The Kier molecular flexibility index (Phi) is 2.53. The molecule has 0 aromatic heterocycles. The van der Waals surface area contributed by atoms with Crippen LogP contribution in [0.5, 0.6) is 0 Å². The van der Waals surface area contributed by atoms with Crippen LogP contribution >= 0.6 is 0 Å². The van der Waals surface area contributed by atoms with Gasteiger partial charge < -0.3 is 0 Å². The summed E-state index contributed by atoms with van der Waals surface area (Å²) in [6, 6.07) is 14.7. The Morgan fingerprint density at radius 3 is 1.76 bits per heavy atom. The molecule has 0 bridgehead atoms. The van der Waals surface area contributed by atoms with Crippen LogP contribution in [0.15, 0.2) is 58.3 Å². The van der Waals surface area contributed by atoms with Crippen LogP contribution < -0.4 is 0 Å². The Morgan fingerprint density at radius 1 is 0.824 bits per heavy atom. The quantitative estimate of drug-likeness (QED) is 0.579. The highest BCUT2D eigenvalue weighted by atomic mass is 32.2. The van der Waals surface area contributed by atoms with Crippen LogP contribution in [0.4, 0.5) is 0 Å². The second-order valence-electron chi connectivity index (χ2n) is 3.67. The van der Waals surface area contributed by atoms with Crippen molar-refractivity contribution in [1.29, 1.82) is 0 Å². The second kappa shape index (κ2) is 4.05. The fourth-order valence-electron chi connectivity index (χ4n) is 1.99. The van der Waals surface area contributed by atoms with Gasteiger partial charge in [-0.3, -0.25) is 0 Å². The Labute approximate surface area is 105 Å². The van der Waals surface area contributed by atoms with E-state index in [1.54, 1.807) is 0 Å². The molecule has 0 saturated heterocycles. The summed E-state index contributed by atoms with van der Waals surface area (Å²) in [5, 5.41) is 0. The number of benzene rings is 2. The average Bonchev–Trinajstić information content (AvgIpc) is 2.40. The highest BCUT2D eigenvalue weighted by Crippen LogP contribution is 2.30. The van der Waals surface area contributed by atoms with E-state index in [4.69, 9.17) is 0 Å². The standard InChI is InChI=1S/C13H8O2S2/c14-16-13-9-5-1-3-7-11(9)17(15)12-8-4-2-6-10(12)13/h1-8H. The topological polar surface area (TPSA) is 34.1 Å². The first-order chi connectivity index (χ1) is 8.33. The van der Waals surface area contributed by atoms with Crippen molar-refractivity contribution in [3.8, 4) is 0 Å². The van der Waals surface area contributed by atoms with Crippen LogP contribution in [0.2, 0.25) is 0 Å². The van der Waals surface area contributed by atoms with Gasteiger partial charge in [0.2, 0.25) is 0 Å². The van der Waals surface area contributed by atoms with Crippen molar-refractivity contribution in [1.82, 2.24) is 0 Å². The second-order valence-corrected chi connectivity index (χ2v) is 5.67. The Bertz CT molecular complexity index is 634. The third-order valence-corrected chi connectivity index (χ3v) is 4.86. The highest BCUT2D eigenvalue weighted by Gasteiger charge is 2.25. The molecule has 0 radical (unpaired) electrons. The lowest BCUT2D eigenvalue weighted by molar-refractivity contribution is 0.682. The lowest BCUT2D eigenvalue weighted by Gasteiger charge is -2.18. The smallest absolute Gasteiger partial charge is 0.0978 e. The minimum Gasteiger partial charge on any atom is -0.249 e. The largest absolute Gasteiger partial charge is 0.249 e. The lowest BCUT2D eigenvalue weighted by Crippen LogP contribution is -2.16. The third kappa shape index (κ3) is 1.52. The van der Waals surface area contributed by atoms with E-state index in [0.29, 0.717) is 16.1 Å². The van der Waals surface area contributed by atoms with Crippen molar-refractivity contribution in [2.24, 2.45) is 0 Å². The first kappa shape index (κ1) is 10.6. The molecule has 1 aliphatic rings. The van der Waals surface area contributed by atoms with Gasteiger partial charge in [0, 0.05) is 11.1 Å². The van der Waals surface area contributed by atoms with Gasteiger partial charge in [-0.25, -0.2) is 8.42 Å². The molecule has 2 aromatic carbocycles. The van der Waals surface area contributed by atoms with Gasteiger partial charge in [0.05, 0.1) is 36.7 Å². The number of hydrogen-bond acceptors (Lipinski definition) is 2. The molecule has 4 heteroatoms. The first-order valence-corrected chi connectivity index (χ1v) is 6.99. The van der Waals surface area contributed by atoms with E-state index in [1.165, 1.54) is 0 Å². The van der Waals surface area contributed by atoms with Gasteiger partial charge in [-0.2, -0.15) is 0 Å². The molecule has 84 valence electrons. The Hall–Kier alpha value is -1.52. The zero-order chi connectivity index (χ0) is 11.8. The van der Waals surface area contributed by atoms with E-state index in [0.717, 1.165) is 20.9 Å². The SMILES string of the molecule is O=S=C1c2ccccc2S(=O)c2ccccc21. The van der Waals surface area contributed by atoms with Gasteiger partial charge in [0.15, 0.2) is 0 Å². The lowest BCUT2D eigenvalue weighted by atomic mass is 10.0. The van der Waals surface area contributed by atoms with Crippen molar-refractivity contribution >= 4 is 26.9 Å². The molecule has 1 aliphatic heterocycles. The van der Waals surface area contributed by atoms with Crippen LogP contribution in [0.3, 0.4) is 0 Å². The summed E-state index contributed by atoms with van der Waals surface area (Å²) < 4.78 is 23.7. The summed E-state index contributed by atoms with van der Waals surface area (Å²) in [4.78, 5) is 2.12. The van der Waals surface area contributed by atoms with E-state index in [9.17, 15) is 8.42 Å². The molecule has 3 rings (SSSR count). The molecule has 0 saturated carbocycles. The predicted molar refractivity (Wildman–Crippen MR) is 68.9 cm³/mol. The van der Waals surface area contributed by atoms with Crippen LogP contribution in [0.25, 0.3) is 0 Å². The van der Waals surface area contributed by atoms with Crippen LogP contribution in [-0.2, 0) is 22.1 Å². The fraction of sp³-hybridized carbons (Fsp3) is 0. The van der Waals surface area contributed by atoms with Crippen LogP contribution in [0.1, 0.15) is 11.1 Å². The maximum absolute atomic E-state index is 12.4. The zero-order valence-corrected chi connectivity index (χ0v) is 10.4. The van der Waals surface area contributed by atoms with E-state index >= 15 is 0 Å². The molecule has 2 aromatic rings. The van der Waals surface area contributed by atoms with Crippen molar-refractivity contribution in [2.45, 2.75) is 9.79 Å². The van der Waals surface area contributed by atoms with Gasteiger partial charge in [-0.1, -0.05) is 36.4 Å². The molecular weight excluding hydrogens is 252 g/mol. The molecule has 0 N–H and O–H groups in total. The first-order valence-electron chi connectivity index (χ1n) is 5.10. The zero-order valence-electron chi connectivity index (χ0n) is 8.75. The molecule has 1 heterocycles. The summed E-state index contributed by atoms with van der Waals surface area (Å²) in [5.74, 6) is 0. The van der Waals surface area contributed by atoms with Crippen LogP contribution in [-0.4, -0.2) is 13.3 Å². The number of rotatable bonds is 0. The molecule has 0 aliphatic carbocycles. The summed E-state index contributed by atoms with van der Waals surface area (Å²) in [7, 11) is -1.19. The highest BCUT2D eigenvalue weighted by molar-refractivity contribution is 7.85. The summed E-state index contributed by atoms with van der Waals surface area (Å²) in [6.07, 6.45) is 0. The summed E-state index contributed by atoms with van der Waals surface area (Å²) in [5.41, 5.74) is 1.59. The van der Waals surface area contributed by atoms with Crippen LogP contribution in [0, 0.1) is 0 Å². The summed E-state index contributed by atoms with van der Waals surface area (Å²) >= 11 is 0.465. The van der Waals surface area contributed by atoms with E-state index in [2.05, 4.69) is 0 Å². The maximum atomic E-state index is 12.4. The minimum absolute atomic E-state index is 0.465. The maximum Gasteiger partial charge on any atom is 0.0978 e. The minimum atomic E-state index is -1.19. The summed E-state index contributed by atoms with van der Waals surface area (Å²) in [6.45, 7) is 0. The number of hydrogen-bond donors (Lipinski definition) is 0. The monoisotopic (exact) mass is 260 g/mol. The molecule has 0 atom stereocenters. The molecule has 0 spiro atoms. The normalized spacial score (nSPS) is 17.2. The average molecular weight is 260 g/mol. The molecule has 0 fully saturated rings. The molecule has 17 heavy (non-hydrogen) atoms. The van der Waals surface area contributed by atoms with Crippen molar-refractivity contribution in [2.75, 3.05) is 0 Å². The third-order valence-electron chi connectivity index (χ3n) is 2.75. The van der Waals surface area contributed by atoms with Gasteiger partial charge in [0.1, 0.15) is 0 Å².